The molecule has 458 valence electrons. The molecule has 6 nitrogen and oxygen atoms in total. The zero-order valence-corrected chi connectivity index (χ0v) is 52.5. The maximum absolute atomic E-state index is 12.5. The summed E-state index contributed by atoms with van der Waals surface area (Å²) in [5.74, 6) is -0.00832. The van der Waals surface area contributed by atoms with Crippen LogP contribution in [0.3, 0.4) is 0 Å². The average molecular weight is 1090 g/mol. The molecule has 3 N–H and O–H groups in total. The fourth-order valence-corrected chi connectivity index (χ4v) is 11.4. The average Bonchev–Trinajstić information content (AvgIpc) is 3.43. The topological polar surface area (TPSA) is 95.9 Å². The summed E-state index contributed by atoms with van der Waals surface area (Å²) in [4.78, 5) is 24.5. The normalized spacial score (nSPS) is 12.5. The third-order valence-electron chi connectivity index (χ3n) is 16.8. The Kier molecular flexibility index (Phi) is 65.9. The van der Waals surface area contributed by atoms with Gasteiger partial charge in [0.25, 0.3) is 0 Å². The monoisotopic (exact) mass is 1090 g/mol. The summed E-state index contributed by atoms with van der Waals surface area (Å²) < 4.78 is 5.48. The summed E-state index contributed by atoms with van der Waals surface area (Å²) in [5, 5.41) is 23.3. The zero-order chi connectivity index (χ0) is 55.7. The molecule has 1 amide bonds. The second-order valence-electron chi connectivity index (χ2n) is 24.6. The highest BCUT2D eigenvalue weighted by molar-refractivity contribution is 5.76. The van der Waals surface area contributed by atoms with Crippen LogP contribution < -0.4 is 5.32 Å². The van der Waals surface area contributed by atoms with Gasteiger partial charge in [-0.2, -0.15) is 0 Å². The minimum absolute atomic E-state index is 0.0202. The predicted octanol–water partition coefficient (Wildman–Crippen LogP) is 22.8. The lowest BCUT2D eigenvalue weighted by atomic mass is 10.0. The number of carbonyl (C=O) groups is 2. The Bertz CT molecular complexity index is 1160. The van der Waals surface area contributed by atoms with Crippen LogP contribution >= 0.6 is 0 Å². The lowest BCUT2D eigenvalue weighted by Gasteiger charge is -2.22. The maximum Gasteiger partial charge on any atom is 0.305 e. The van der Waals surface area contributed by atoms with E-state index in [1.54, 1.807) is 0 Å². The van der Waals surface area contributed by atoms with Gasteiger partial charge >= 0.3 is 5.97 Å². The van der Waals surface area contributed by atoms with E-state index < -0.39 is 12.1 Å². The lowest BCUT2D eigenvalue weighted by molar-refractivity contribution is -0.143. The molecule has 0 aliphatic carbocycles. The number of unbranched alkanes of at least 4 members (excludes halogenated alkanes) is 54. The highest BCUT2D eigenvalue weighted by Crippen LogP contribution is 2.19. The number of esters is 1. The van der Waals surface area contributed by atoms with Gasteiger partial charge in [0.05, 0.1) is 25.4 Å². The molecule has 0 aromatic rings. The fraction of sp³-hybridized carbons (Fsp3) is 0.944. The van der Waals surface area contributed by atoms with Gasteiger partial charge < -0.3 is 20.3 Å². The molecular formula is C71H139NO5. The van der Waals surface area contributed by atoms with Gasteiger partial charge in [0.15, 0.2) is 0 Å². The molecule has 0 spiro atoms. The highest BCUT2D eigenvalue weighted by atomic mass is 16.5. The second-order valence-corrected chi connectivity index (χ2v) is 24.6. The number of nitrogens with one attached hydrogen (secondary N) is 1. The molecule has 0 aliphatic rings. The van der Waals surface area contributed by atoms with E-state index in [-0.39, 0.29) is 18.5 Å². The molecule has 2 atom stereocenters. The smallest absolute Gasteiger partial charge is 0.305 e. The van der Waals surface area contributed by atoms with E-state index in [1.807, 2.05) is 0 Å². The van der Waals surface area contributed by atoms with Crippen LogP contribution in [0.5, 0.6) is 0 Å². The van der Waals surface area contributed by atoms with E-state index in [1.165, 1.54) is 334 Å². The molecule has 0 aliphatic heterocycles. The number of amides is 1. The number of hydrogen-bond acceptors (Lipinski definition) is 5. The Morgan fingerprint density at radius 1 is 0.351 bits per heavy atom. The molecule has 0 aromatic carbocycles. The third kappa shape index (κ3) is 63.6. The van der Waals surface area contributed by atoms with Crippen LogP contribution in [-0.4, -0.2) is 47.4 Å². The van der Waals surface area contributed by atoms with Crippen molar-refractivity contribution in [3.63, 3.8) is 0 Å². The van der Waals surface area contributed by atoms with E-state index in [2.05, 4.69) is 31.3 Å². The summed E-state index contributed by atoms with van der Waals surface area (Å²) in [5.41, 5.74) is 0. The Balaban J connectivity index is 3.33. The SMILES string of the molecule is CCCCCCCCCCCCCCCCCC(O)C(CO)NC(=O)CCCCCCCCCCCCCCCCCCC/C=C\CCCCCCCCCCCCCCOC(=O)CCCCCCCCCCCCCC. The van der Waals surface area contributed by atoms with E-state index in [0.29, 0.717) is 25.9 Å². The molecule has 0 rings (SSSR count). The van der Waals surface area contributed by atoms with Crippen LogP contribution in [0.1, 0.15) is 406 Å². The molecular weight excluding hydrogens is 947 g/mol. The van der Waals surface area contributed by atoms with Crippen molar-refractivity contribution in [1.29, 1.82) is 0 Å². The van der Waals surface area contributed by atoms with E-state index in [9.17, 15) is 19.8 Å². The van der Waals surface area contributed by atoms with Crippen LogP contribution in [0.4, 0.5) is 0 Å². The molecule has 0 heterocycles. The minimum atomic E-state index is -0.661. The van der Waals surface area contributed by atoms with Gasteiger partial charge in [0, 0.05) is 12.8 Å². The Morgan fingerprint density at radius 2 is 0.610 bits per heavy atom. The minimum Gasteiger partial charge on any atom is -0.466 e. The number of aliphatic hydroxyl groups is 2. The quantitative estimate of drug-likeness (QED) is 0.0320. The third-order valence-corrected chi connectivity index (χ3v) is 16.8. The molecule has 0 saturated carbocycles. The lowest BCUT2D eigenvalue weighted by Crippen LogP contribution is -2.45. The van der Waals surface area contributed by atoms with E-state index in [4.69, 9.17) is 4.74 Å². The summed E-state index contributed by atoms with van der Waals surface area (Å²) >= 11 is 0. The second kappa shape index (κ2) is 67.1. The first kappa shape index (κ1) is 75.6. The molecule has 0 aromatic heterocycles. The van der Waals surface area contributed by atoms with Crippen molar-refractivity contribution >= 4 is 11.9 Å². The number of ether oxygens (including phenoxy) is 1. The van der Waals surface area contributed by atoms with Crippen LogP contribution in [-0.2, 0) is 14.3 Å². The summed E-state index contributed by atoms with van der Waals surface area (Å²) in [7, 11) is 0. The predicted molar refractivity (Wildman–Crippen MR) is 338 cm³/mol. The van der Waals surface area contributed by atoms with Crippen molar-refractivity contribution in [3.8, 4) is 0 Å². The number of rotatable bonds is 67. The van der Waals surface area contributed by atoms with Gasteiger partial charge in [-0.1, -0.05) is 353 Å². The number of hydrogen-bond donors (Lipinski definition) is 3. The van der Waals surface area contributed by atoms with E-state index >= 15 is 0 Å². The number of allylic oxidation sites excluding steroid dienone is 2. The van der Waals surface area contributed by atoms with Gasteiger partial charge in [-0.25, -0.2) is 0 Å². The first-order valence-corrected chi connectivity index (χ1v) is 35.4. The van der Waals surface area contributed by atoms with Crippen LogP contribution in [0.25, 0.3) is 0 Å². The van der Waals surface area contributed by atoms with Crippen molar-refractivity contribution in [2.24, 2.45) is 0 Å². The van der Waals surface area contributed by atoms with Gasteiger partial charge in [-0.15, -0.1) is 0 Å². The van der Waals surface area contributed by atoms with Crippen molar-refractivity contribution in [3.05, 3.63) is 12.2 Å². The largest absolute Gasteiger partial charge is 0.466 e. The molecule has 2 unspecified atom stereocenters. The summed E-state index contributed by atoms with van der Waals surface area (Å²) in [6.07, 6.45) is 82.7. The summed E-state index contributed by atoms with van der Waals surface area (Å²) in [6.45, 7) is 4.99. The van der Waals surface area contributed by atoms with Crippen LogP contribution in [0.15, 0.2) is 12.2 Å². The number of aliphatic hydroxyl groups excluding tert-OH is 2. The molecule has 0 bridgehead atoms. The van der Waals surface area contributed by atoms with Crippen molar-refractivity contribution in [2.45, 2.75) is 418 Å². The van der Waals surface area contributed by atoms with E-state index in [0.717, 1.165) is 38.5 Å². The van der Waals surface area contributed by atoms with Gasteiger partial charge in [0.2, 0.25) is 5.91 Å². The molecule has 6 heteroatoms. The molecule has 77 heavy (non-hydrogen) atoms. The molecule has 0 saturated heterocycles. The Morgan fingerprint density at radius 3 is 0.922 bits per heavy atom. The highest BCUT2D eigenvalue weighted by Gasteiger charge is 2.20. The van der Waals surface area contributed by atoms with Crippen molar-refractivity contribution < 1.29 is 24.5 Å². The first-order chi connectivity index (χ1) is 38.0. The van der Waals surface area contributed by atoms with Gasteiger partial charge in [-0.05, 0) is 51.4 Å². The van der Waals surface area contributed by atoms with Crippen molar-refractivity contribution in [2.75, 3.05) is 13.2 Å². The van der Waals surface area contributed by atoms with Crippen molar-refractivity contribution in [1.82, 2.24) is 5.32 Å². The molecule has 0 radical (unpaired) electrons. The van der Waals surface area contributed by atoms with Crippen LogP contribution in [0.2, 0.25) is 0 Å². The summed E-state index contributed by atoms with van der Waals surface area (Å²) in [6, 6.07) is -0.538. The first-order valence-electron chi connectivity index (χ1n) is 35.4. The standard InChI is InChI=1S/C71H139NO5/c1-3-5-7-9-11-13-15-17-37-40-43-47-51-55-59-63-69(74)68(67-73)72-70(75)64-60-56-52-48-44-41-38-35-33-31-29-27-25-23-21-19-18-20-22-24-26-28-30-32-34-36-39-42-46-50-54-58-62-66-77-71(76)65-61-57-53-49-45-16-14-12-10-8-6-4-2/h22,24,68-69,73-74H,3-21,23,25-67H2,1-2H3,(H,72,75)/b24-22-. The van der Waals surface area contributed by atoms with Gasteiger partial charge in [0.1, 0.15) is 0 Å². The van der Waals surface area contributed by atoms with Crippen LogP contribution in [0, 0.1) is 0 Å². The zero-order valence-electron chi connectivity index (χ0n) is 52.5. The molecule has 0 fully saturated rings. The Labute approximate surface area is 482 Å². The maximum atomic E-state index is 12.5. The Hall–Kier alpha value is -1.40. The fourth-order valence-electron chi connectivity index (χ4n) is 11.4. The number of carbonyl (C=O) groups excluding carboxylic acids is 2. The van der Waals surface area contributed by atoms with Gasteiger partial charge in [-0.3, -0.25) is 9.59 Å².